The van der Waals surface area contributed by atoms with Crippen LogP contribution in [0, 0.1) is 12.7 Å². The molecule has 3 aromatic rings. The van der Waals surface area contributed by atoms with Crippen molar-refractivity contribution < 1.29 is 4.39 Å². The Morgan fingerprint density at radius 1 is 1.11 bits per heavy atom. The van der Waals surface area contributed by atoms with E-state index in [2.05, 4.69) is 60.6 Å². The summed E-state index contributed by atoms with van der Waals surface area (Å²) in [5.41, 5.74) is 6.06. The molecule has 0 fully saturated rings. The van der Waals surface area contributed by atoms with Crippen LogP contribution in [0.15, 0.2) is 42.5 Å². The van der Waals surface area contributed by atoms with Gasteiger partial charge in [0.15, 0.2) is 0 Å². The maximum Gasteiger partial charge on any atom is 0.147 e. The molecule has 2 aromatic carbocycles. The van der Waals surface area contributed by atoms with Crippen molar-refractivity contribution in [3.63, 3.8) is 0 Å². The summed E-state index contributed by atoms with van der Waals surface area (Å²) in [4.78, 5) is 2.50. The van der Waals surface area contributed by atoms with Crippen molar-refractivity contribution in [3.05, 3.63) is 70.7 Å². The molecule has 1 aliphatic heterocycles. The van der Waals surface area contributed by atoms with Crippen molar-refractivity contribution in [1.82, 2.24) is 9.47 Å². The smallest absolute Gasteiger partial charge is 0.147 e. The lowest BCUT2D eigenvalue weighted by Gasteiger charge is -2.33. The summed E-state index contributed by atoms with van der Waals surface area (Å²) in [6, 6.07) is 14.7. The lowest BCUT2D eigenvalue weighted by atomic mass is 9.97. The maximum absolute atomic E-state index is 14.9. The van der Waals surface area contributed by atoms with Gasteiger partial charge in [0.1, 0.15) is 5.82 Å². The Morgan fingerprint density at radius 2 is 1.89 bits per heavy atom. The van der Waals surface area contributed by atoms with E-state index in [1.54, 1.807) is 6.07 Å². The molecule has 3 heteroatoms. The zero-order chi connectivity index (χ0) is 19.0. The van der Waals surface area contributed by atoms with Gasteiger partial charge in [-0.25, -0.2) is 4.39 Å². The van der Waals surface area contributed by atoms with E-state index in [1.807, 2.05) is 6.07 Å². The van der Waals surface area contributed by atoms with Crippen LogP contribution in [0.1, 0.15) is 42.7 Å². The van der Waals surface area contributed by atoms with Crippen molar-refractivity contribution in [1.29, 1.82) is 0 Å². The summed E-state index contributed by atoms with van der Waals surface area (Å²) in [6.45, 7) is 9.47. The third-order valence-electron chi connectivity index (χ3n) is 6.15. The molecule has 1 unspecified atom stereocenters. The van der Waals surface area contributed by atoms with Gasteiger partial charge in [0, 0.05) is 36.6 Å². The largest absolute Gasteiger partial charge is 0.342 e. The Balaban J connectivity index is 1.73. The lowest BCUT2D eigenvalue weighted by Crippen LogP contribution is -2.38. The summed E-state index contributed by atoms with van der Waals surface area (Å²) < 4.78 is 17.2. The number of fused-ring (bicyclic) bond motifs is 3. The SMILES string of the molecule is CCN1Cc2c(n(CCCc3ccccc3)c3c(F)ccc(C)c23)CC1C. The van der Waals surface area contributed by atoms with Crippen LogP contribution in [-0.2, 0) is 25.9 Å². The fourth-order valence-corrected chi connectivity index (χ4v) is 4.68. The molecule has 0 saturated heterocycles. The highest BCUT2D eigenvalue weighted by atomic mass is 19.1. The standard InChI is InChI=1S/C24H29FN2/c1-4-26-16-20-22(15-18(26)3)27(14-8-11-19-9-6-5-7-10-19)24-21(25)13-12-17(2)23(20)24/h5-7,9-10,12-13,18H,4,8,11,14-16H2,1-3H3. The molecular weight excluding hydrogens is 335 g/mol. The van der Waals surface area contributed by atoms with E-state index in [4.69, 9.17) is 0 Å². The van der Waals surface area contributed by atoms with Gasteiger partial charge < -0.3 is 4.57 Å². The maximum atomic E-state index is 14.9. The van der Waals surface area contributed by atoms with E-state index in [-0.39, 0.29) is 5.82 Å². The average molecular weight is 365 g/mol. The van der Waals surface area contributed by atoms with Crippen LogP contribution in [-0.4, -0.2) is 22.1 Å². The van der Waals surface area contributed by atoms with Gasteiger partial charge in [-0.3, -0.25) is 4.90 Å². The van der Waals surface area contributed by atoms with Crippen LogP contribution < -0.4 is 0 Å². The monoisotopic (exact) mass is 364 g/mol. The van der Waals surface area contributed by atoms with E-state index in [0.717, 1.165) is 49.8 Å². The van der Waals surface area contributed by atoms with E-state index in [0.29, 0.717) is 6.04 Å². The molecule has 2 nitrogen and oxygen atoms in total. The van der Waals surface area contributed by atoms with Crippen LogP contribution in [0.3, 0.4) is 0 Å². The number of aryl methyl sites for hydroxylation is 3. The molecule has 27 heavy (non-hydrogen) atoms. The average Bonchev–Trinajstić information content (AvgIpc) is 2.99. The summed E-state index contributed by atoms with van der Waals surface area (Å²) in [5.74, 6) is -0.0830. The Bertz CT molecular complexity index is 942. The molecule has 0 radical (unpaired) electrons. The van der Waals surface area contributed by atoms with E-state index < -0.39 is 0 Å². The molecule has 0 aliphatic carbocycles. The summed E-state index contributed by atoms with van der Waals surface area (Å²) in [6.07, 6.45) is 3.06. The topological polar surface area (TPSA) is 8.17 Å². The summed E-state index contributed by atoms with van der Waals surface area (Å²) in [7, 11) is 0. The molecule has 0 bridgehead atoms. The number of hydrogen-bond donors (Lipinski definition) is 0. The molecular formula is C24H29FN2. The number of nitrogens with zero attached hydrogens (tertiary/aromatic N) is 2. The predicted molar refractivity (Wildman–Crippen MR) is 111 cm³/mol. The van der Waals surface area contributed by atoms with Gasteiger partial charge in [-0.1, -0.05) is 43.3 Å². The van der Waals surface area contributed by atoms with E-state index in [1.165, 1.54) is 22.4 Å². The second-order valence-corrected chi connectivity index (χ2v) is 7.87. The van der Waals surface area contributed by atoms with Gasteiger partial charge in [0.05, 0.1) is 5.52 Å². The Morgan fingerprint density at radius 3 is 2.63 bits per heavy atom. The highest BCUT2D eigenvalue weighted by molar-refractivity contribution is 5.89. The third kappa shape index (κ3) is 3.29. The van der Waals surface area contributed by atoms with E-state index >= 15 is 0 Å². The molecule has 0 saturated carbocycles. The van der Waals surface area contributed by atoms with Gasteiger partial charge in [0.2, 0.25) is 0 Å². The fourth-order valence-electron chi connectivity index (χ4n) is 4.68. The van der Waals surface area contributed by atoms with Crippen molar-refractivity contribution in [2.75, 3.05) is 6.54 Å². The Kier molecular flexibility index (Phi) is 5.05. The second-order valence-electron chi connectivity index (χ2n) is 7.87. The van der Waals surface area contributed by atoms with E-state index in [9.17, 15) is 4.39 Å². The molecule has 142 valence electrons. The highest BCUT2D eigenvalue weighted by Gasteiger charge is 2.29. The molecule has 2 heterocycles. The quantitative estimate of drug-likeness (QED) is 0.581. The van der Waals surface area contributed by atoms with Crippen molar-refractivity contribution in [2.45, 2.75) is 59.2 Å². The molecule has 0 N–H and O–H groups in total. The zero-order valence-corrected chi connectivity index (χ0v) is 16.6. The summed E-state index contributed by atoms with van der Waals surface area (Å²) >= 11 is 0. The fraction of sp³-hybridized carbons (Fsp3) is 0.417. The number of aromatic nitrogens is 1. The third-order valence-corrected chi connectivity index (χ3v) is 6.15. The van der Waals surface area contributed by atoms with Crippen LogP contribution in [0.25, 0.3) is 10.9 Å². The highest BCUT2D eigenvalue weighted by Crippen LogP contribution is 2.36. The number of rotatable bonds is 5. The second kappa shape index (κ2) is 7.47. The number of benzene rings is 2. The number of likely N-dealkylation sites (N-methyl/N-ethyl adjacent to an activating group) is 1. The zero-order valence-electron chi connectivity index (χ0n) is 16.6. The summed E-state index contributed by atoms with van der Waals surface area (Å²) in [5, 5.41) is 1.15. The molecule has 0 spiro atoms. The molecule has 1 atom stereocenters. The van der Waals surface area contributed by atoms with Crippen LogP contribution in [0.5, 0.6) is 0 Å². The number of halogens is 1. The van der Waals surface area contributed by atoms with Gasteiger partial charge in [-0.2, -0.15) is 0 Å². The first-order valence-electron chi connectivity index (χ1n) is 10.2. The van der Waals surface area contributed by atoms with Crippen molar-refractivity contribution >= 4 is 10.9 Å². The molecule has 1 aromatic heterocycles. The van der Waals surface area contributed by atoms with Gasteiger partial charge in [-0.05, 0) is 56.0 Å². The van der Waals surface area contributed by atoms with Crippen LogP contribution >= 0.6 is 0 Å². The first kappa shape index (κ1) is 18.2. The van der Waals surface area contributed by atoms with Gasteiger partial charge in [0.25, 0.3) is 0 Å². The van der Waals surface area contributed by atoms with Crippen LogP contribution in [0.2, 0.25) is 0 Å². The normalized spacial score (nSPS) is 17.4. The molecule has 0 amide bonds. The first-order chi connectivity index (χ1) is 13.1. The van der Waals surface area contributed by atoms with Gasteiger partial charge in [-0.15, -0.1) is 0 Å². The van der Waals surface area contributed by atoms with Gasteiger partial charge >= 0.3 is 0 Å². The Labute approximate surface area is 161 Å². The minimum atomic E-state index is -0.0830. The first-order valence-corrected chi connectivity index (χ1v) is 10.2. The van der Waals surface area contributed by atoms with Crippen molar-refractivity contribution in [2.24, 2.45) is 0 Å². The molecule has 1 aliphatic rings. The predicted octanol–water partition coefficient (Wildman–Crippen LogP) is 5.49. The van der Waals surface area contributed by atoms with Crippen LogP contribution in [0.4, 0.5) is 4.39 Å². The van der Waals surface area contributed by atoms with Crippen molar-refractivity contribution in [3.8, 4) is 0 Å². The molecule has 4 rings (SSSR count). The Hall–Kier alpha value is -2.13. The lowest BCUT2D eigenvalue weighted by molar-refractivity contribution is 0.192. The number of hydrogen-bond acceptors (Lipinski definition) is 1. The minimum absolute atomic E-state index is 0.0830. The minimum Gasteiger partial charge on any atom is -0.342 e.